The standard InChI is InChI=1S/C10H24O18P4/c1-22-5-6(23-2)8(26-30(14,15)16)10(9(7(5)24-3)27-31(17,18)19)28-32(20,21)25-4-29(11,12)13/h5-10H,4H2,1-3H3,(H,20,21)(H2,11,12,13)(H2,14,15,16)(H2,17,18,19)/t5?,6-,7+,8-,9-,10?/m0/s1. The van der Waals surface area contributed by atoms with E-state index in [-0.39, 0.29) is 0 Å². The fraction of sp³-hybridized carbons (Fsp3) is 1.00. The molecule has 32 heavy (non-hydrogen) atoms. The van der Waals surface area contributed by atoms with Crippen LogP contribution in [0.3, 0.4) is 0 Å². The van der Waals surface area contributed by atoms with Crippen LogP contribution in [0.15, 0.2) is 0 Å². The SMILES string of the molecule is COC1[C@@H](OC)[C@H](OP(=O)(O)O)C(OP(=O)(O)OCP(=O)(O)O)[C@@H](OP(=O)(O)O)[C@H]1OC. The van der Waals surface area contributed by atoms with E-state index in [1.54, 1.807) is 0 Å². The number of phosphoric ester groups is 3. The average molecular weight is 556 g/mol. The maximum atomic E-state index is 12.2. The van der Waals surface area contributed by atoms with E-state index in [2.05, 4.69) is 13.6 Å². The van der Waals surface area contributed by atoms with Gasteiger partial charge < -0.3 is 48.5 Å². The zero-order valence-corrected chi connectivity index (χ0v) is 20.2. The molecule has 1 saturated carbocycles. The van der Waals surface area contributed by atoms with Crippen molar-refractivity contribution in [2.45, 2.75) is 36.6 Å². The molecule has 1 fully saturated rings. The number of ether oxygens (including phenoxy) is 3. The molecule has 0 aliphatic heterocycles. The molecule has 1 aliphatic carbocycles. The molecule has 0 saturated heterocycles. The third kappa shape index (κ3) is 9.55. The van der Waals surface area contributed by atoms with Crippen molar-refractivity contribution in [2.75, 3.05) is 27.7 Å². The molecule has 0 amide bonds. The van der Waals surface area contributed by atoms with Crippen molar-refractivity contribution in [1.82, 2.24) is 0 Å². The Morgan fingerprint density at radius 3 is 1.16 bits per heavy atom. The average Bonchev–Trinajstić information content (AvgIpc) is 2.59. The van der Waals surface area contributed by atoms with Crippen molar-refractivity contribution in [2.24, 2.45) is 0 Å². The fourth-order valence-electron chi connectivity index (χ4n) is 2.94. The van der Waals surface area contributed by atoms with Gasteiger partial charge in [0.1, 0.15) is 36.6 Å². The number of phosphoric acid groups is 3. The molecule has 1 rings (SSSR count). The van der Waals surface area contributed by atoms with Crippen LogP contribution in [-0.4, -0.2) is 98.6 Å². The second-order valence-electron chi connectivity index (χ2n) is 6.18. The summed E-state index contributed by atoms with van der Waals surface area (Å²) in [7, 11) is -18.2. The third-order valence-electron chi connectivity index (χ3n) is 3.92. The molecule has 0 spiro atoms. The van der Waals surface area contributed by atoms with Crippen LogP contribution >= 0.6 is 31.1 Å². The van der Waals surface area contributed by atoms with Crippen LogP contribution in [-0.2, 0) is 50.6 Å². The number of hydrogen-bond acceptors (Lipinski definition) is 11. The maximum Gasteiger partial charge on any atom is 0.473 e. The van der Waals surface area contributed by atoms with Gasteiger partial charge in [0.15, 0.2) is 6.35 Å². The summed E-state index contributed by atoms with van der Waals surface area (Å²) in [6.07, 6.45) is -12.6. The first kappa shape index (κ1) is 30.4. The van der Waals surface area contributed by atoms with Crippen molar-refractivity contribution in [3.63, 3.8) is 0 Å². The van der Waals surface area contributed by atoms with Crippen molar-refractivity contribution >= 4 is 31.1 Å². The first-order chi connectivity index (χ1) is 14.3. The smallest absolute Gasteiger partial charge is 0.376 e. The molecule has 0 aromatic rings. The van der Waals surface area contributed by atoms with Crippen LogP contribution < -0.4 is 0 Å². The van der Waals surface area contributed by atoms with Gasteiger partial charge in [0.25, 0.3) is 0 Å². The molecule has 3 unspecified atom stereocenters. The van der Waals surface area contributed by atoms with Crippen LogP contribution in [0.1, 0.15) is 0 Å². The maximum absolute atomic E-state index is 12.2. The highest BCUT2D eigenvalue weighted by Gasteiger charge is 2.58. The molecule has 18 nitrogen and oxygen atoms in total. The fourth-order valence-corrected chi connectivity index (χ4v) is 5.84. The number of rotatable bonds is 12. The molecule has 0 heterocycles. The molecular formula is C10H24O18P4. The van der Waals surface area contributed by atoms with Crippen molar-refractivity contribution in [1.29, 1.82) is 0 Å². The molecule has 22 heteroatoms. The normalized spacial score (nSPS) is 31.9. The van der Waals surface area contributed by atoms with Gasteiger partial charge in [0.05, 0.1) is 0 Å². The third-order valence-corrected chi connectivity index (χ3v) is 6.59. The summed E-state index contributed by atoms with van der Waals surface area (Å²) >= 11 is 0. The molecule has 0 aromatic carbocycles. The van der Waals surface area contributed by atoms with Gasteiger partial charge in [-0.05, 0) is 0 Å². The summed E-state index contributed by atoms with van der Waals surface area (Å²) in [5.74, 6) is 0. The molecule has 7 atom stereocenters. The van der Waals surface area contributed by atoms with Crippen LogP contribution in [0.4, 0.5) is 0 Å². The van der Waals surface area contributed by atoms with Crippen molar-refractivity contribution < 1.29 is 84.8 Å². The van der Waals surface area contributed by atoms with E-state index < -0.39 is 74.0 Å². The highest BCUT2D eigenvalue weighted by atomic mass is 31.2. The van der Waals surface area contributed by atoms with Gasteiger partial charge in [0.2, 0.25) is 0 Å². The van der Waals surface area contributed by atoms with Crippen LogP contribution in [0.25, 0.3) is 0 Å². The van der Waals surface area contributed by atoms with E-state index in [1.807, 2.05) is 0 Å². The molecule has 192 valence electrons. The van der Waals surface area contributed by atoms with E-state index in [1.165, 1.54) is 0 Å². The van der Waals surface area contributed by atoms with Gasteiger partial charge in [-0.3, -0.25) is 22.7 Å². The molecule has 0 radical (unpaired) electrons. The molecule has 1 aliphatic rings. The first-order valence-corrected chi connectivity index (χ1v) is 14.5. The predicted octanol–water partition coefficient (Wildman–Crippen LogP) is -1.36. The van der Waals surface area contributed by atoms with Crippen molar-refractivity contribution in [3.8, 4) is 0 Å². The molecule has 0 bridgehead atoms. The van der Waals surface area contributed by atoms with Gasteiger partial charge in [-0.2, -0.15) is 0 Å². The topological polar surface area (TPSA) is 274 Å². The lowest BCUT2D eigenvalue weighted by molar-refractivity contribution is -0.232. The van der Waals surface area contributed by atoms with Gasteiger partial charge >= 0.3 is 31.1 Å². The zero-order valence-electron chi connectivity index (χ0n) is 16.6. The van der Waals surface area contributed by atoms with Gasteiger partial charge in [-0.1, -0.05) is 0 Å². The van der Waals surface area contributed by atoms with Crippen LogP contribution in [0.5, 0.6) is 0 Å². The Morgan fingerprint density at radius 2 is 0.875 bits per heavy atom. The highest BCUT2D eigenvalue weighted by molar-refractivity contribution is 7.53. The van der Waals surface area contributed by atoms with Crippen molar-refractivity contribution in [3.05, 3.63) is 0 Å². The Bertz CT molecular complexity index is 760. The second-order valence-corrected chi connectivity index (χ2v) is 11.6. The number of hydrogen-bond donors (Lipinski definition) is 7. The Labute approximate surface area is 180 Å². The monoisotopic (exact) mass is 556 g/mol. The summed E-state index contributed by atoms with van der Waals surface area (Å²) in [6, 6.07) is 0. The van der Waals surface area contributed by atoms with E-state index in [4.69, 9.17) is 28.5 Å². The Kier molecular flexibility index (Phi) is 10.8. The lowest BCUT2D eigenvalue weighted by Crippen LogP contribution is -2.66. The zero-order chi connectivity index (χ0) is 25.1. The number of methoxy groups -OCH3 is 3. The summed E-state index contributed by atoms with van der Waals surface area (Å²) in [4.78, 5) is 64.5. The van der Waals surface area contributed by atoms with E-state index in [9.17, 15) is 42.7 Å². The van der Waals surface area contributed by atoms with Crippen LogP contribution in [0.2, 0.25) is 0 Å². The van der Waals surface area contributed by atoms with Gasteiger partial charge in [0, 0.05) is 21.3 Å². The second kappa shape index (κ2) is 11.4. The van der Waals surface area contributed by atoms with Gasteiger partial charge in [-0.25, -0.2) is 13.7 Å². The first-order valence-electron chi connectivity index (χ1n) is 8.10. The quantitative estimate of drug-likeness (QED) is 0.137. The molecule has 0 aromatic heterocycles. The van der Waals surface area contributed by atoms with E-state index in [0.29, 0.717) is 0 Å². The Hall–Kier alpha value is 0.360. The lowest BCUT2D eigenvalue weighted by atomic mass is 9.84. The Morgan fingerprint density at radius 1 is 0.562 bits per heavy atom. The minimum Gasteiger partial charge on any atom is -0.376 e. The van der Waals surface area contributed by atoms with Gasteiger partial charge in [-0.15, -0.1) is 0 Å². The minimum absolute atomic E-state index is 1.02. The minimum atomic E-state index is -5.48. The molecule has 7 N–H and O–H groups in total. The highest BCUT2D eigenvalue weighted by Crippen LogP contribution is 2.54. The summed E-state index contributed by atoms with van der Waals surface area (Å²) in [5.41, 5.74) is 0. The Balaban J connectivity index is 3.54. The van der Waals surface area contributed by atoms with E-state index >= 15 is 0 Å². The van der Waals surface area contributed by atoms with Crippen LogP contribution in [0, 0.1) is 0 Å². The molecular weight excluding hydrogens is 532 g/mol. The summed E-state index contributed by atoms with van der Waals surface area (Å²) in [5, 5.41) is 0. The predicted molar refractivity (Wildman–Crippen MR) is 98.9 cm³/mol. The summed E-state index contributed by atoms with van der Waals surface area (Å²) in [6.45, 7) is 0. The summed E-state index contributed by atoms with van der Waals surface area (Å²) < 4.78 is 79.5. The van der Waals surface area contributed by atoms with E-state index in [0.717, 1.165) is 21.3 Å². The lowest BCUT2D eigenvalue weighted by Gasteiger charge is -2.48. The largest absolute Gasteiger partial charge is 0.473 e.